The molecule has 0 atom stereocenters. The fourth-order valence-electron chi connectivity index (χ4n) is 2.91. The largest absolute Gasteiger partial charge is 0.408 e. The van der Waals surface area contributed by atoms with Gasteiger partial charge in [-0.3, -0.25) is 9.20 Å². The van der Waals surface area contributed by atoms with Crippen LogP contribution in [-0.4, -0.2) is 25.3 Å². The third-order valence-electron chi connectivity index (χ3n) is 4.09. The van der Waals surface area contributed by atoms with Crippen LogP contribution in [0, 0.1) is 5.82 Å². The van der Waals surface area contributed by atoms with Crippen molar-refractivity contribution >= 4 is 5.65 Å². The molecule has 4 aromatic rings. The van der Waals surface area contributed by atoms with Crippen LogP contribution in [0.15, 0.2) is 65.6 Å². The molecule has 0 radical (unpaired) electrons. The zero-order valence-electron chi connectivity index (χ0n) is 14.2. The van der Waals surface area contributed by atoms with Crippen LogP contribution in [0.4, 0.5) is 17.6 Å². The Kier molecular flexibility index (Phi) is 4.21. The Bertz CT molecular complexity index is 1210. The lowest BCUT2D eigenvalue weighted by molar-refractivity contribution is -0.143. The van der Waals surface area contributed by atoms with Gasteiger partial charge in [-0.15, -0.1) is 0 Å². The summed E-state index contributed by atoms with van der Waals surface area (Å²) >= 11 is 0. The number of alkyl halides is 3. The molecule has 0 N–H and O–H groups in total. The molecule has 0 unspecified atom stereocenters. The minimum atomic E-state index is -4.59. The topological polar surface area (TPSA) is 52.2 Å². The zero-order chi connectivity index (χ0) is 19.9. The summed E-state index contributed by atoms with van der Waals surface area (Å²) in [6.45, 7) is -1.50. The summed E-state index contributed by atoms with van der Waals surface area (Å²) in [5.41, 5.74) is 1.19. The maximum absolute atomic E-state index is 13.3. The van der Waals surface area contributed by atoms with E-state index in [2.05, 4.69) is 10.1 Å². The van der Waals surface area contributed by atoms with E-state index < -0.39 is 24.1 Å². The zero-order valence-corrected chi connectivity index (χ0v) is 14.2. The number of imidazole rings is 1. The Morgan fingerprint density at radius 2 is 1.71 bits per heavy atom. The van der Waals surface area contributed by atoms with Crippen LogP contribution in [0.1, 0.15) is 0 Å². The molecule has 0 saturated carbocycles. The Balaban J connectivity index is 1.96. The number of pyridine rings is 1. The lowest BCUT2D eigenvalue weighted by Crippen LogP contribution is -2.29. The van der Waals surface area contributed by atoms with E-state index in [4.69, 9.17) is 0 Å². The van der Waals surface area contributed by atoms with Gasteiger partial charge in [0.2, 0.25) is 0 Å². The van der Waals surface area contributed by atoms with Crippen molar-refractivity contribution in [3.63, 3.8) is 0 Å². The normalized spacial score (nSPS) is 11.9. The van der Waals surface area contributed by atoms with E-state index in [0.29, 0.717) is 27.3 Å². The van der Waals surface area contributed by atoms with Crippen molar-refractivity contribution in [3.05, 3.63) is 77.0 Å². The fourth-order valence-corrected chi connectivity index (χ4v) is 2.91. The van der Waals surface area contributed by atoms with E-state index >= 15 is 0 Å². The molecule has 9 heteroatoms. The molecule has 4 rings (SSSR count). The molecule has 0 saturated heterocycles. The number of hydrogen-bond acceptors (Lipinski definition) is 3. The van der Waals surface area contributed by atoms with Gasteiger partial charge in [0.15, 0.2) is 0 Å². The number of hydrogen-bond donors (Lipinski definition) is 0. The van der Waals surface area contributed by atoms with Gasteiger partial charge in [-0.05, 0) is 42.5 Å². The van der Waals surface area contributed by atoms with Crippen molar-refractivity contribution in [2.24, 2.45) is 0 Å². The molecule has 142 valence electrons. The Morgan fingerprint density at radius 1 is 0.964 bits per heavy atom. The number of halogens is 4. The summed E-state index contributed by atoms with van der Waals surface area (Å²) in [4.78, 5) is 16.3. The lowest BCUT2D eigenvalue weighted by atomic mass is 10.1. The van der Waals surface area contributed by atoms with Gasteiger partial charge in [-0.1, -0.05) is 6.07 Å². The number of aromatic nitrogens is 4. The molecule has 0 fully saturated rings. The summed E-state index contributed by atoms with van der Waals surface area (Å²) < 4.78 is 53.7. The standard InChI is InChI=1S/C19H12F4N4O/c20-13-6-4-12(5-7-13)17-18(26-10-2-1-3-15(26)24-17)14-8-9-16(28)27(25-14)11-19(21,22)23/h1-10H,11H2. The van der Waals surface area contributed by atoms with E-state index in [-0.39, 0.29) is 5.69 Å². The molecule has 1 aromatic carbocycles. The van der Waals surface area contributed by atoms with Crippen LogP contribution >= 0.6 is 0 Å². The van der Waals surface area contributed by atoms with Gasteiger partial charge in [0.05, 0.1) is 5.69 Å². The second-order valence-electron chi connectivity index (χ2n) is 6.07. The first-order valence-corrected chi connectivity index (χ1v) is 8.20. The van der Waals surface area contributed by atoms with E-state index in [0.717, 1.165) is 6.07 Å². The summed E-state index contributed by atoms with van der Waals surface area (Å²) in [7, 11) is 0. The summed E-state index contributed by atoms with van der Waals surface area (Å²) in [6.07, 6.45) is -2.90. The molecule has 0 spiro atoms. The smallest absolute Gasteiger partial charge is 0.298 e. The van der Waals surface area contributed by atoms with Crippen LogP contribution in [0.2, 0.25) is 0 Å². The van der Waals surface area contributed by atoms with Crippen molar-refractivity contribution in [2.45, 2.75) is 12.7 Å². The third-order valence-corrected chi connectivity index (χ3v) is 4.09. The van der Waals surface area contributed by atoms with Gasteiger partial charge in [0.25, 0.3) is 5.56 Å². The second-order valence-corrected chi connectivity index (χ2v) is 6.07. The number of nitrogens with zero attached hydrogens (tertiary/aromatic N) is 4. The van der Waals surface area contributed by atoms with E-state index in [9.17, 15) is 22.4 Å². The van der Waals surface area contributed by atoms with Crippen molar-refractivity contribution in [1.29, 1.82) is 0 Å². The molecule has 3 heterocycles. The first-order chi connectivity index (χ1) is 13.3. The highest BCUT2D eigenvalue weighted by Crippen LogP contribution is 2.31. The highest BCUT2D eigenvalue weighted by molar-refractivity contribution is 5.80. The Hall–Kier alpha value is -3.49. The maximum atomic E-state index is 13.3. The van der Waals surface area contributed by atoms with Crippen molar-refractivity contribution in [1.82, 2.24) is 19.2 Å². The van der Waals surface area contributed by atoms with Crippen LogP contribution in [0.3, 0.4) is 0 Å². The highest BCUT2D eigenvalue weighted by Gasteiger charge is 2.29. The van der Waals surface area contributed by atoms with Gasteiger partial charge in [-0.2, -0.15) is 18.3 Å². The number of fused-ring (bicyclic) bond motifs is 1. The number of benzene rings is 1. The predicted molar refractivity (Wildman–Crippen MR) is 94.1 cm³/mol. The minimum Gasteiger partial charge on any atom is -0.298 e. The van der Waals surface area contributed by atoms with Gasteiger partial charge < -0.3 is 0 Å². The summed E-state index contributed by atoms with van der Waals surface area (Å²) in [6, 6.07) is 13.2. The number of rotatable bonds is 3. The average Bonchev–Trinajstić information content (AvgIpc) is 3.02. The van der Waals surface area contributed by atoms with Gasteiger partial charge in [0, 0.05) is 17.8 Å². The van der Waals surface area contributed by atoms with Crippen LogP contribution in [-0.2, 0) is 6.54 Å². The monoisotopic (exact) mass is 388 g/mol. The first kappa shape index (κ1) is 17.9. The Labute approximate surface area is 155 Å². The van der Waals surface area contributed by atoms with Crippen LogP contribution in [0.5, 0.6) is 0 Å². The molecule has 28 heavy (non-hydrogen) atoms. The molecular weight excluding hydrogens is 376 g/mol. The summed E-state index contributed by atoms with van der Waals surface area (Å²) in [5.74, 6) is -0.425. The fraction of sp³-hybridized carbons (Fsp3) is 0.105. The first-order valence-electron chi connectivity index (χ1n) is 8.20. The Morgan fingerprint density at radius 3 is 2.43 bits per heavy atom. The molecule has 3 aromatic heterocycles. The quantitative estimate of drug-likeness (QED) is 0.500. The van der Waals surface area contributed by atoms with Crippen molar-refractivity contribution in [2.75, 3.05) is 0 Å². The van der Waals surface area contributed by atoms with Crippen LogP contribution in [0.25, 0.3) is 28.3 Å². The average molecular weight is 388 g/mol. The van der Waals surface area contributed by atoms with Gasteiger partial charge in [0.1, 0.15) is 29.4 Å². The molecule has 5 nitrogen and oxygen atoms in total. The maximum Gasteiger partial charge on any atom is 0.408 e. The summed E-state index contributed by atoms with van der Waals surface area (Å²) in [5, 5.41) is 3.90. The van der Waals surface area contributed by atoms with Crippen LogP contribution < -0.4 is 5.56 Å². The molecule has 0 aliphatic heterocycles. The highest BCUT2D eigenvalue weighted by atomic mass is 19.4. The molecule has 0 aliphatic carbocycles. The molecular formula is C19H12F4N4O. The third kappa shape index (κ3) is 3.38. The van der Waals surface area contributed by atoms with Gasteiger partial charge in [-0.25, -0.2) is 14.1 Å². The minimum absolute atomic E-state index is 0.141. The molecule has 0 amide bonds. The van der Waals surface area contributed by atoms with E-state index in [1.807, 2.05) is 0 Å². The van der Waals surface area contributed by atoms with E-state index in [1.165, 1.54) is 30.3 Å². The predicted octanol–water partition coefficient (Wildman–Crippen LogP) is 3.93. The van der Waals surface area contributed by atoms with Gasteiger partial charge >= 0.3 is 6.18 Å². The van der Waals surface area contributed by atoms with Crippen molar-refractivity contribution < 1.29 is 17.6 Å². The van der Waals surface area contributed by atoms with E-state index in [1.54, 1.807) is 28.8 Å². The second kappa shape index (κ2) is 6.59. The van der Waals surface area contributed by atoms with Crippen molar-refractivity contribution in [3.8, 4) is 22.6 Å². The SMILES string of the molecule is O=c1ccc(-c2c(-c3ccc(F)cc3)nc3ccccn23)nn1CC(F)(F)F. The lowest BCUT2D eigenvalue weighted by Gasteiger charge is -2.10. The molecule has 0 aliphatic rings. The molecule has 0 bridgehead atoms.